The van der Waals surface area contributed by atoms with Crippen molar-refractivity contribution < 1.29 is 9.90 Å². The maximum Gasteiger partial charge on any atom is 0.308 e. The zero-order valence-electron chi connectivity index (χ0n) is 11.0. The van der Waals surface area contributed by atoms with E-state index >= 15 is 0 Å². The van der Waals surface area contributed by atoms with Crippen LogP contribution >= 0.6 is 11.6 Å². The average molecular weight is 281 g/mol. The molecule has 0 aliphatic carbocycles. The van der Waals surface area contributed by atoms with E-state index in [2.05, 4.69) is 5.32 Å². The number of carboxylic acids is 1. The van der Waals surface area contributed by atoms with E-state index in [0.717, 1.165) is 0 Å². The van der Waals surface area contributed by atoms with Crippen molar-refractivity contribution in [2.45, 2.75) is 20.3 Å². The minimum absolute atomic E-state index is 0.280. The third-order valence-corrected chi connectivity index (χ3v) is 3.08. The van der Waals surface area contributed by atoms with Gasteiger partial charge in [0.2, 0.25) is 0 Å². The normalized spacial score (nSPS) is 11.9. The molecule has 0 fully saturated rings. The first-order valence-electron chi connectivity index (χ1n) is 6.11. The largest absolute Gasteiger partial charge is 0.481 e. The summed E-state index contributed by atoms with van der Waals surface area (Å²) in [6, 6.07) is 7.10. The number of rotatable bonds is 6. The van der Waals surface area contributed by atoms with Crippen LogP contribution in [0.2, 0.25) is 5.02 Å². The van der Waals surface area contributed by atoms with Gasteiger partial charge in [0.1, 0.15) is 6.07 Å². The second-order valence-corrected chi connectivity index (χ2v) is 5.23. The topological polar surface area (TPSA) is 73.1 Å². The van der Waals surface area contributed by atoms with Crippen molar-refractivity contribution in [3.05, 3.63) is 28.8 Å². The predicted octanol–water partition coefficient (Wildman–Crippen LogP) is 3.37. The number of nitriles is 1. The Morgan fingerprint density at radius 2 is 2.21 bits per heavy atom. The molecule has 1 aromatic carbocycles. The number of benzene rings is 1. The van der Waals surface area contributed by atoms with Crippen LogP contribution in [-0.4, -0.2) is 17.6 Å². The fourth-order valence-corrected chi connectivity index (χ4v) is 2.08. The van der Waals surface area contributed by atoms with Gasteiger partial charge in [0.05, 0.1) is 22.2 Å². The smallest absolute Gasteiger partial charge is 0.308 e. The molecule has 0 aromatic heterocycles. The molecule has 4 nitrogen and oxygen atoms in total. The Bertz CT molecular complexity index is 495. The maximum absolute atomic E-state index is 11.1. The molecule has 2 N–H and O–H groups in total. The highest BCUT2D eigenvalue weighted by molar-refractivity contribution is 6.32. The van der Waals surface area contributed by atoms with Crippen LogP contribution in [0.5, 0.6) is 0 Å². The van der Waals surface area contributed by atoms with Crippen molar-refractivity contribution in [1.29, 1.82) is 5.26 Å². The molecule has 0 spiro atoms. The first-order chi connectivity index (χ1) is 8.95. The molecule has 1 unspecified atom stereocenters. The summed E-state index contributed by atoms with van der Waals surface area (Å²) in [5.74, 6) is -1.01. The number of anilines is 1. The van der Waals surface area contributed by atoms with Gasteiger partial charge in [0.15, 0.2) is 0 Å². The van der Waals surface area contributed by atoms with Crippen molar-refractivity contribution in [2.24, 2.45) is 11.8 Å². The quantitative estimate of drug-likeness (QED) is 0.838. The Balaban J connectivity index is 2.78. The summed E-state index contributed by atoms with van der Waals surface area (Å²) in [6.07, 6.45) is 0.588. The molecule has 1 rings (SSSR count). The number of nitrogens with one attached hydrogen (secondary N) is 1. The molecule has 102 valence electrons. The molecular formula is C14H17ClN2O2. The van der Waals surface area contributed by atoms with Crippen LogP contribution in [-0.2, 0) is 4.79 Å². The minimum atomic E-state index is -0.832. The van der Waals surface area contributed by atoms with Crippen LogP contribution < -0.4 is 5.32 Å². The summed E-state index contributed by atoms with van der Waals surface area (Å²) in [7, 11) is 0. The molecule has 0 heterocycles. The molecule has 1 aromatic rings. The van der Waals surface area contributed by atoms with Crippen molar-refractivity contribution in [1.82, 2.24) is 0 Å². The molecule has 0 bridgehead atoms. The lowest BCUT2D eigenvalue weighted by molar-refractivity contribution is -0.141. The lowest BCUT2D eigenvalue weighted by Crippen LogP contribution is -2.24. The molecular weight excluding hydrogens is 264 g/mol. The number of hydrogen-bond acceptors (Lipinski definition) is 3. The zero-order chi connectivity index (χ0) is 14.4. The van der Waals surface area contributed by atoms with Gasteiger partial charge in [0.25, 0.3) is 0 Å². The van der Waals surface area contributed by atoms with E-state index in [9.17, 15) is 4.79 Å². The van der Waals surface area contributed by atoms with Gasteiger partial charge in [0, 0.05) is 6.54 Å². The van der Waals surface area contributed by atoms with E-state index in [1.807, 2.05) is 19.9 Å². The first-order valence-corrected chi connectivity index (χ1v) is 6.48. The number of hydrogen-bond donors (Lipinski definition) is 2. The Labute approximate surface area is 118 Å². The molecule has 0 radical (unpaired) electrons. The molecule has 0 aliphatic heterocycles. The van der Waals surface area contributed by atoms with Gasteiger partial charge in [-0.05, 0) is 24.5 Å². The first kappa shape index (κ1) is 15.3. The van der Waals surface area contributed by atoms with E-state index < -0.39 is 11.9 Å². The fraction of sp³-hybridized carbons (Fsp3) is 0.429. The van der Waals surface area contributed by atoms with Crippen molar-refractivity contribution in [3.8, 4) is 6.07 Å². The van der Waals surface area contributed by atoms with E-state index in [1.165, 1.54) is 0 Å². The monoisotopic (exact) mass is 280 g/mol. The van der Waals surface area contributed by atoms with Crippen molar-refractivity contribution in [3.63, 3.8) is 0 Å². The number of carboxylic acid groups (broad SMARTS) is 1. The van der Waals surface area contributed by atoms with Crippen molar-refractivity contribution >= 4 is 23.3 Å². The molecule has 5 heteroatoms. The maximum atomic E-state index is 11.1. The van der Waals surface area contributed by atoms with Gasteiger partial charge < -0.3 is 10.4 Å². The highest BCUT2D eigenvalue weighted by atomic mass is 35.5. The average Bonchev–Trinajstić information content (AvgIpc) is 2.33. The highest BCUT2D eigenvalue weighted by Gasteiger charge is 2.19. The van der Waals surface area contributed by atoms with Crippen LogP contribution in [0.3, 0.4) is 0 Å². The van der Waals surface area contributed by atoms with Gasteiger partial charge >= 0.3 is 5.97 Å². The van der Waals surface area contributed by atoms with E-state index in [0.29, 0.717) is 28.6 Å². The van der Waals surface area contributed by atoms with Gasteiger partial charge in [-0.15, -0.1) is 0 Å². The molecule has 0 aliphatic rings. The van der Waals surface area contributed by atoms with E-state index in [1.54, 1.807) is 18.2 Å². The summed E-state index contributed by atoms with van der Waals surface area (Å²) in [5.41, 5.74) is 0.919. The Morgan fingerprint density at radius 1 is 1.53 bits per heavy atom. The lowest BCUT2D eigenvalue weighted by Gasteiger charge is -2.17. The minimum Gasteiger partial charge on any atom is -0.481 e. The summed E-state index contributed by atoms with van der Waals surface area (Å²) < 4.78 is 0. The molecule has 0 amide bonds. The van der Waals surface area contributed by atoms with Gasteiger partial charge in [-0.3, -0.25) is 4.79 Å². The zero-order valence-corrected chi connectivity index (χ0v) is 11.7. The van der Waals surface area contributed by atoms with Crippen LogP contribution in [0.25, 0.3) is 0 Å². The number of halogens is 1. The standard InChI is InChI=1S/C14H17ClN2O2/c1-9(2)6-10(14(18)19)8-17-13-5-3-4-12(15)11(13)7-16/h3-5,9-10,17H,6,8H2,1-2H3,(H,18,19). The number of aliphatic carboxylic acids is 1. The Morgan fingerprint density at radius 3 is 2.74 bits per heavy atom. The summed E-state index contributed by atoms with van der Waals surface area (Å²) in [4.78, 5) is 11.1. The fourth-order valence-electron chi connectivity index (χ4n) is 1.86. The summed E-state index contributed by atoms with van der Waals surface area (Å²) >= 11 is 5.91. The van der Waals surface area contributed by atoms with Gasteiger partial charge in [-0.25, -0.2) is 0 Å². The van der Waals surface area contributed by atoms with Crippen LogP contribution in [0.15, 0.2) is 18.2 Å². The van der Waals surface area contributed by atoms with Gasteiger partial charge in [-0.1, -0.05) is 31.5 Å². The number of nitrogens with zero attached hydrogens (tertiary/aromatic N) is 1. The van der Waals surface area contributed by atoms with E-state index in [4.69, 9.17) is 22.0 Å². The second kappa shape index (κ2) is 7.01. The molecule has 19 heavy (non-hydrogen) atoms. The summed E-state index contributed by atoms with van der Waals surface area (Å²) in [6.45, 7) is 4.24. The van der Waals surface area contributed by atoms with Crippen LogP contribution in [0.4, 0.5) is 5.69 Å². The molecule has 0 saturated heterocycles. The Kier molecular flexibility index (Phi) is 5.65. The second-order valence-electron chi connectivity index (χ2n) is 4.82. The number of carbonyl (C=O) groups is 1. The third kappa shape index (κ3) is 4.46. The van der Waals surface area contributed by atoms with Crippen LogP contribution in [0.1, 0.15) is 25.8 Å². The summed E-state index contributed by atoms with van der Waals surface area (Å²) in [5, 5.41) is 21.5. The van der Waals surface area contributed by atoms with Crippen LogP contribution in [0, 0.1) is 23.2 Å². The highest BCUT2D eigenvalue weighted by Crippen LogP contribution is 2.24. The SMILES string of the molecule is CC(C)CC(CNc1cccc(Cl)c1C#N)C(=O)O. The third-order valence-electron chi connectivity index (χ3n) is 2.77. The molecule has 0 saturated carbocycles. The predicted molar refractivity (Wildman–Crippen MR) is 75.2 cm³/mol. The lowest BCUT2D eigenvalue weighted by atomic mass is 9.97. The Hall–Kier alpha value is -1.73. The van der Waals surface area contributed by atoms with Crippen molar-refractivity contribution in [2.75, 3.05) is 11.9 Å². The van der Waals surface area contributed by atoms with Gasteiger partial charge in [-0.2, -0.15) is 5.26 Å². The molecule has 1 atom stereocenters. The van der Waals surface area contributed by atoms with E-state index in [-0.39, 0.29) is 6.54 Å².